The van der Waals surface area contributed by atoms with Crippen LogP contribution in [0.15, 0.2) is 0 Å². The molecule has 108 valence electrons. The molecule has 0 aliphatic carbocycles. The monoisotopic (exact) mass is 272 g/mol. The first-order valence-electron chi connectivity index (χ1n) is 7.67. The van der Waals surface area contributed by atoms with Gasteiger partial charge in [0, 0.05) is 6.42 Å². The number of hydrogen-bond acceptors (Lipinski definition) is 2. The molecule has 3 heteroatoms. The van der Waals surface area contributed by atoms with Crippen molar-refractivity contribution in [2.75, 3.05) is 0 Å². The Morgan fingerprint density at radius 2 is 1.28 bits per heavy atom. The number of carbonyl (C=O) groups excluding carboxylic acids is 1. The summed E-state index contributed by atoms with van der Waals surface area (Å²) in [6, 6.07) is 0. The van der Waals surface area contributed by atoms with E-state index < -0.39 is 8.32 Å². The van der Waals surface area contributed by atoms with Gasteiger partial charge in [-0.1, -0.05) is 58.3 Å². The third kappa shape index (κ3) is 13.8. The van der Waals surface area contributed by atoms with Gasteiger partial charge in [0.25, 0.3) is 5.97 Å². The van der Waals surface area contributed by atoms with Gasteiger partial charge in [0.05, 0.1) is 0 Å². The lowest BCUT2D eigenvalue weighted by Gasteiger charge is -2.17. The molecule has 18 heavy (non-hydrogen) atoms. The highest BCUT2D eigenvalue weighted by molar-refractivity contribution is 6.71. The molecule has 0 fully saturated rings. The molecule has 0 aliphatic rings. The maximum atomic E-state index is 11.5. The summed E-state index contributed by atoms with van der Waals surface area (Å²) in [5, 5.41) is 0. The predicted octanol–water partition coefficient (Wildman–Crippen LogP) is 5.29. The van der Waals surface area contributed by atoms with Crippen LogP contribution in [0.3, 0.4) is 0 Å². The van der Waals surface area contributed by atoms with E-state index in [4.69, 9.17) is 4.43 Å². The molecular formula is C15H32O2Si. The highest BCUT2D eigenvalue weighted by Crippen LogP contribution is 2.12. The van der Waals surface area contributed by atoms with Gasteiger partial charge in [-0.2, -0.15) is 0 Å². The number of rotatable bonds is 11. The van der Waals surface area contributed by atoms with E-state index in [2.05, 4.69) is 26.6 Å². The first-order chi connectivity index (χ1) is 8.45. The first-order valence-corrected chi connectivity index (χ1v) is 11.1. The van der Waals surface area contributed by atoms with E-state index in [1.165, 1.54) is 51.4 Å². The topological polar surface area (TPSA) is 26.3 Å². The Labute approximate surface area is 115 Å². The Hall–Kier alpha value is -0.313. The fourth-order valence-electron chi connectivity index (χ4n) is 1.97. The van der Waals surface area contributed by atoms with E-state index in [1.54, 1.807) is 0 Å². The SMILES string of the molecule is CCCCCCCCCCCC(=O)O[Si](C)(C)C. The Bertz CT molecular complexity index is 209. The van der Waals surface area contributed by atoms with Crippen LogP contribution >= 0.6 is 0 Å². The first kappa shape index (κ1) is 17.7. The van der Waals surface area contributed by atoms with E-state index in [9.17, 15) is 4.79 Å². The third-order valence-electron chi connectivity index (χ3n) is 2.90. The van der Waals surface area contributed by atoms with Gasteiger partial charge in [0.1, 0.15) is 0 Å². The molecule has 0 unspecified atom stereocenters. The third-order valence-corrected chi connectivity index (χ3v) is 3.74. The van der Waals surface area contributed by atoms with E-state index >= 15 is 0 Å². The van der Waals surface area contributed by atoms with Gasteiger partial charge >= 0.3 is 0 Å². The van der Waals surface area contributed by atoms with E-state index in [0.29, 0.717) is 6.42 Å². The quantitative estimate of drug-likeness (QED) is 0.377. The number of carbonyl (C=O) groups is 1. The lowest BCUT2D eigenvalue weighted by atomic mass is 10.1. The highest BCUT2D eigenvalue weighted by Gasteiger charge is 2.19. The minimum absolute atomic E-state index is 0.0112. The summed E-state index contributed by atoms with van der Waals surface area (Å²) in [6.07, 6.45) is 12.2. The van der Waals surface area contributed by atoms with E-state index in [-0.39, 0.29) is 5.97 Å². The van der Waals surface area contributed by atoms with Crippen molar-refractivity contribution in [3.05, 3.63) is 0 Å². The van der Waals surface area contributed by atoms with Crippen LogP contribution in [0, 0.1) is 0 Å². The molecule has 0 saturated heterocycles. The van der Waals surface area contributed by atoms with Crippen LogP contribution in [0.5, 0.6) is 0 Å². The van der Waals surface area contributed by atoms with Crippen molar-refractivity contribution in [1.29, 1.82) is 0 Å². The zero-order chi connectivity index (χ0) is 13.9. The zero-order valence-electron chi connectivity index (χ0n) is 12.9. The summed E-state index contributed by atoms with van der Waals surface area (Å²) >= 11 is 0. The van der Waals surface area contributed by atoms with Crippen LogP contribution in [0.2, 0.25) is 19.6 Å². The summed E-state index contributed by atoms with van der Waals surface area (Å²) in [4.78, 5) is 11.5. The molecule has 0 heterocycles. The van der Waals surface area contributed by atoms with Crippen molar-refractivity contribution < 1.29 is 9.22 Å². The molecular weight excluding hydrogens is 240 g/mol. The summed E-state index contributed by atoms with van der Waals surface area (Å²) in [6.45, 7) is 8.42. The molecule has 0 aliphatic heterocycles. The fraction of sp³-hybridized carbons (Fsp3) is 0.933. The van der Waals surface area contributed by atoms with Gasteiger partial charge in [0.2, 0.25) is 8.32 Å². The molecule has 0 radical (unpaired) electrons. The fourth-order valence-corrected chi connectivity index (χ4v) is 2.76. The largest absolute Gasteiger partial charge is 0.520 e. The second-order valence-corrected chi connectivity index (χ2v) is 10.6. The van der Waals surface area contributed by atoms with E-state index in [0.717, 1.165) is 6.42 Å². The lowest BCUT2D eigenvalue weighted by molar-refractivity contribution is -0.135. The second-order valence-electron chi connectivity index (χ2n) is 6.16. The average Bonchev–Trinajstić information content (AvgIpc) is 2.24. The smallest absolute Gasteiger partial charge is 0.292 e. The minimum atomic E-state index is -1.66. The Morgan fingerprint density at radius 1 is 0.833 bits per heavy atom. The van der Waals surface area contributed by atoms with Crippen molar-refractivity contribution in [2.24, 2.45) is 0 Å². The van der Waals surface area contributed by atoms with Crippen molar-refractivity contribution in [3.8, 4) is 0 Å². The molecule has 0 aromatic rings. The van der Waals surface area contributed by atoms with Crippen LogP contribution < -0.4 is 0 Å². The standard InChI is InChI=1S/C15H32O2Si/c1-5-6-7-8-9-10-11-12-13-14-15(16)17-18(2,3)4/h5-14H2,1-4H3. The maximum Gasteiger partial charge on any atom is 0.292 e. The van der Waals surface area contributed by atoms with Crippen molar-refractivity contribution in [1.82, 2.24) is 0 Å². The van der Waals surface area contributed by atoms with Crippen molar-refractivity contribution in [2.45, 2.75) is 90.8 Å². The van der Waals surface area contributed by atoms with Crippen LogP contribution in [0.25, 0.3) is 0 Å². The second kappa shape index (κ2) is 10.6. The van der Waals surface area contributed by atoms with Crippen LogP contribution in [-0.2, 0) is 9.22 Å². The normalized spacial score (nSPS) is 11.6. The molecule has 0 saturated carbocycles. The average molecular weight is 273 g/mol. The molecule has 0 amide bonds. The number of hydrogen-bond donors (Lipinski definition) is 0. The molecule has 0 spiro atoms. The van der Waals surface area contributed by atoms with Crippen LogP contribution in [0.1, 0.15) is 71.1 Å². The molecule has 2 nitrogen and oxygen atoms in total. The van der Waals surface area contributed by atoms with Gasteiger partial charge in [-0.25, -0.2) is 0 Å². The lowest BCUT2D eigenvalue weighted by Crippen LogP contribution is -2.28. The van der Waals surface area contributed by atoms with Crippen molar-refractivity contribution >= 4 is 14.3 Å². The summed E-state index contributed by atoms with van der Waals surface area (Å²) in [5.41, 5.74) is 0. The molecule has 0 bridgehead atoms. The summed E-state index contributed by atoms with van der Waals surface area (Å²) in [5.74, 6) is 0.0112. The molecule has 0 aromatic carbocycles. The Kier molecular flexibility index (Phi) is 10.4. The van der Waals surface area contributed by atoms with Crippen LogP contribution in [-0.4, -0.2) is 14.3 Å². The van der Waals surface area contributed by atoms with Gasteiger partial charge in [-0.15, -0.1) is 0 Å². The van der Waals surface area contributed by atoms with Crippen molar-refractivity contribution in [3.63, 3.8) is 0 Å². The molecule has 0 atom stereocenters. The number of unbranched alkanes of at least 4 members (excludes halogenated alkanes) is 8. The predicted molar refractivity (Wildman–Crippen MR) is 81.3 cm³/mol. The molecule has 0 aromatic heterocycles. The van der Waals surface area contributed by atoms with E-state index in [1.807, 2.05) is 0 Å². The summed E-state index contributed by atoms with van der Waals surface area (Å²) < 4.78 is 5.41. The van der Waals surface area contributed by atoms with Gasteiger partial charge in [0.15, 0.2) is 0 Å². The summed E-state index contributed by atoms with van der Waals surface area (Å²) in [7, 11) is -1.66. The molecule has 0 N–H and O–H groups in total. The Morgan fingerprint density at radius 3 is 1.72 bits per heavy atom. The molecule has 0 rings (SSSR count). The Balaban J connectivity index is 3.23. The minimum Gasteiger partial charge on any atom is -0.520 e. The maximum absolute atomic E-state index is 11.5. The van der Waals surface area contributed by atoms with Gasteiger partial charge < -0.3 is 4.43 Å². The van der Waals surface area contributed by atoms with Gasteiger partial charge in [-0.05, 0) is 26.1 Å². The van der Waals surface area contributed by atoms with Gasteiger partial charge in [-0.3, -0.25) is 4.79 Å². The zero-order valence-corrected chi connectivity index (χ0v) is 13.9. The van der Waals surface area contributed by atoms with Crippen LogP contribution in [0.4, 0.5) is 0 Å². The highest BCUT2D eigenvalue weighted by atomic mass is 28.4.